The second kappa shape index (κ2) is 8.37. The minimum absolute atomic E-state index is 0.00437. The Morgan fingerprint density at radius 1 is 1.24 bits per heavy atom. The van der Waals surface area contributed by atoms with Crippen LogP contribution in [0.2, 0.25) is 0 Å². The molecule has 1 atom stereocenters. The van der Waals surface area contributed by atoms with E-state index < -0.39 is 5.60 Å². The van der Waals surface area contributed by atoms with Crippen molar-refractivity contribution in [2.75, 3.05) is 13.1 Å². The van der Waals surface area contributed by atoms with Crippen LogP contribution in [0.15, 0.2) is 0 Å². The SMILES string of the molecule is CC(C)CCC(C)(O)CNC(=O)CNC(=O)C1CCCC1. The van der Waals surface area contributed by atoms with Crippen LogP contribution in [0.4, 0.5) is 0 Å². The summed E-state index contributed by atoms with van der Waals surface area (Å²) in [7, 11) is 0. The van der Waals surface area contributed by atoms with E-state index in [2.05, 4.69) is 24.5 Å². The van der Waals surface area contributed by atoms with Gasteiger partial charge < -0.3 is 15.7 Å². The van der Waals surface area contributed by atoms with E-state index in [4.69, 9.17) is 0 Å². The molecular weight excluding hydrogens is 268 g/mol. The molecule has 0 heterocycles. The lowest BCUT2D eigenvalue weighted by molar-refractivity contribution is -0.128. The number of hydrogen-bond acceptors (Lipinski definition) is 3. The lowest BCUT2D eigenvalue weighted by atomic mass is 9.95. The highest BCUT2D eigenvalue weighted by Crippen LogP contribution is 2.24. The Balaban J connectivity index is 2.19. The van der Waals surface area contributed by atoms with E-state index >= 15 is 0 Å². The first-order chi connectivity index (χ1) is 9.80. The Labute approximate surface area is 127 Å². The molecule has 2 amide bonds. The molecular formula is C16H30N2O3. The average molecular weight is 298 g/mol. The normalized spacial score (nSPS) is 18.5. The van der Waals surface area contributed by atoms with Gasteiger partial charge in [-0.3, -0.25) is 9.59 Å². The highest BCUT2D eigenvalue weighted by atomic mass is 16.3. The Bertz CT molecular complexity index is 347. The third-order valence-electron chi connectivity index (χ3n) is 4.08. The topological polar surface area (TPSA) is 78.4 Å². The molecule has 0 aromatic heterocycles. The second-order valence-corrected chi connectivity index (χ2v) is 6.91. The zero-order chi connectivity index (χ0) is 15.9. The zero-order valence-electron chi connectivity index (χ0n) is 13.6. The maximum absolute atomic E-state index is 11.8. The molecule has 0 aromatic carbocycles. The van der Waals surface area contributed by atoms with Gasteiger partial charge in [0.05, 0.1) is 12.1 Å². The van der Waals surface area contributed by atoms with Crippen molar-refractivity contribution in [3.8, 4) is 0 Å². The number of carbonyl (C=O) groups excluding carboxylic acids is 2. The summed E-state index contributed by atoms with van der Waals surface area (Å²) in [6.07, 6.45) is 5.63. The lowest BCUT2D eigenvalue weighted by Crippen LogP contribution is -2.45. The van der Waals surface area contributed by atoms with Crippen molar-refractivity contribution in [1.82, 2.24) is 10.6 Å². The monoisotopic (exact) mass is 298 g/mol. The summed E-state index contributed by atoms with van der Waals surface area (Å²) in [4.78, 5) is 23.5. The molecule has 122 valence electrons. The molecule has 0 aromatic rings. The van der Waals surface area contributed by atoms with Gasteiger partial charge in [0, 0.05) is 12.5 Å². The van der Waals surface area contributed by atoms with E-state index in [0.717, 1.165) is 32.1 Å². The molecule has 0 spiro atoms. The smallest absolute Gasteiger partial charge is 0.239 e. The third kappa shape index (κ3) is 7.46. The second-order valence-electron chi connectivity index (χ2n) is 6.91. The highest BCUT2D eigenvalue weighted by molar-refractivity contribution is 5.85. The number of aliphatic hydroxyl groups is 1. The van der Waals surface area contributed by atoms with Crippen molar-refractivity contribution >= 4 is 11.8 Å². The van der Waals surface area contributed by atoms with Crippen molar-refractivity contribution in [1.29, 1.82) is 0 Å². The van der Waals surface area contributed by atoms with Crippen LogP contribution < -0.4 is 10.6 Å². The molecule has 5 heteroatoms. The largest absolute Gasteiger partial charge is 0.388 e. The average Bonchev–Trinajstić information content (AvgIpc) is 2.94. The minimum Gasteiger partial charge on any atom is -0.388 e. The molecule has 1 unspecified atom stereocenters. The number of nitrogens with one attached hydrogen (secondary N) is 2. The van der Waals surface area contributed by atoms with Crippen LogP contribution in [0, 0.1) is 11.8 Å². The van der Waals surface area contributed by atoms with Crippen molar-refractivity contribution in [3.63, 3.8) is 0 Å². The van der Waals surface area contributed by atoms with E-state index in [1.54, 1.807) is 6.92 Å². The maximum Gasteiger partial charge on any atom is 0.239 e. The van der Waals surface area contributed by atoms with Gasteiger partial charge in [-0.1, -0.05) is 26.7 Å². The van der Waals surface area contributed by atoms with Crippen molar-refractivity contribution in [3.05, 3.63) is 0 Å². The van der Waals surface area contributed by atoms with Crippen LogP contribution in [0.25, 0.3) is 0 Å². The highest BCUT2D eigenvalue weighted by Gasteiger charge is 2.24. The van der Waals surface area contributed by atoms with Gasteiger partial charge >= 0.3 is 0 Å². The van der Waals surface area contributed by atoms with Crippen LogP contribution in [0.1, 0.15) is 59.3 Å². The molecule has 5 nitrogen and oxygen atoms in total. The summed E-state index contributed by atoms with van der Waals surface area (Å²) >= 11 is 0. The van der Waals surface area contributed by atoms with Crippen LogP contribution in [0.3, 0.4) is 0 Å². The molecule has 1 saturated carbocycles. The van der Waals surface area contributed by atoms with Crippen LogP contribution in [-0.2, 0) is 9.59 Å². The van der Waals surface area contributed by atoms with Gasteiger partial charge in [0.25, 0.3) is 0 Å². The maximum atomic E-state index is 11.8. The van der Waals surface area contributed by atoms with Gasteiger partial charge in [-0.25, -0.2) is 0 Å². The molecule has 0 bridgehead atoms. The van der Waals surface area contributed by atoms with Crippen LogP contribution in [0.5, 0.6) is 0 Å². The van der Waals surface area contributed by atoms with Gasteiger partial charge in [0.15, 0.2) is 0 Å². The summed E-state index contributed by atoms with van der Waals surface area (Å²) in [6, 6.07) is 0. The van der Waals surface area contributed by atoms with Crippen molar-refractivity contribution in [2.45, 2.75) is 64.9 Å². The molecule has 0 saturated heterocycles. The molecule has 1 rings (SSSR count). The van der Waals surface area contributed by atoms with Crippen molar-refractivity contribution in [2.24, 2.45) is 11.8 Å². The molecule has 0 aliphatic heterocycles. The Kier molecular flexibility index (Phi) is 7.15. The zero-order valence-corrected chi connectivity index (χ0v) is 13.6. The van der Waals surface area contributed by atoms with Gasteiger partial charge in [-0.2, -0.15) is 0 Å². The molecule has 21 heavy (non-hydrogen) atoms. The van der Waals surface area contributed by atoms with Crippen molar-refractivity contribution < 1.29 is 14.7 Å². The Morgan fingerprint density at radius 3 is 2.43 bits per heavy atom. The first-order valence-electron chi connectivity index (χ1n) is 8.07. The summed E-state index contributed by atoms with van der Waals surface area (Å²) in [5.74, 6) is 0.338. The van der Waals surface area contributed by atoms with Gasteiger partial charge in [0.1, 0.15) is 0 Å². The summed E-state index contributed by atoms with van der Waals surface area (Å²) in [5.41, 5.74) is -0.893. The van der Waals surface area contributed by atoms with Gasteiger partial charge in [-0.15, -0.1) is 0 Å². The lowest BCUT2D eigenvalue weighted by Gasteiger charge is -2.24. The van der Waals surface area contributed by atoms with E-state index in [1.807, 2.05) is 0 Å². The predicted molar refractivity (Wildman–Crippen MR) is 82.7 cm³/mol. The number of amides is 2. The standard InChI is InChI=1S/C16H30N2O3/c1-12(2)8-9-16(3,21)11-18-14(19)10-17-15(20)13-6-4-5-7-13/h12-13,21H,4-11H2,1-3H3,(H,17,20)(H,18,19). The third-order valence-corrected chi connectivity index (χ3v) is 4.08. The quantitative estimate of drug-likeness (QED) is 0.637. The van der Waals surface area contributed by atoms with Crippen LogP contribution >= 0.6 is 0 Å². The van der Waals surface area contributed by atoms with E-state index in [9.17, 15) is 14.7 Å². The fourth-order valence-corrected chi connectivity index (χ4v) is 2.54. The number of carbonyl (C=O) groups is 2. The molecule has 1 aliphatic rings. The first kappa shape index (κ1) is 18.0. The fourth-order valence-electron chi connectivity index (χ4n) is 2.54. The number of hydrogen-bond donors (Lipinski definition) is 3. The molecule has 3 N–H and O–H groups in total. The van der Waals surface area contributed by atoms with Crippen LogP contribution in [-0.4, -0.2) is 35.6 Å². The van der Waals surface area contributed by atoms with E-state index in [0.29, 0.717) is 12.3 Å². The number of rotatable bonds is 8. The summed E-state index contributed by atoms with van der Waals surface area (Å²) < 4.78 is 0. The molecule has 1 fully saturated rings. The Hall–Kier alpha value is -1.10. The first-order valence-corrected chi connectivity index (χ1v) is 8.07. The van der Waals surface area contributed by atoms with Gasteiger partial charge in [-0.05, 0) is 38.5 Å². The Morgan fingerprint density at radius 2 is 1.86 bits per heavy atom. The summed E-state index contributed by atoms with van der Waals surface area (Å²) in [5, 5.41) is 15.5. The van der Waals surface area contributed by atoms with E-state index in [1.165, 1.54) is 0 Å². The van der Waals surface area contributed by atoms with Gasteiger partial charge in [0.2, 0.25) is 11.8 Å². The summed E-state index contributed by atoms with van der Waals surface area (Å²) in [6.45, 7) is 6.15. The fraction of sp³-hybridized carbons (Fsp3) is 0.875. The molecule has 0 radical (unpaired) electrons. The molecule has 1 aliphatic carbocycles. The minimum atomic E-state index is -0.893. The predicted octanol–water partition coefficient (Wildman–Crippen LogP) is 1.60. The van der Waals surface area contributed by atoms with E-state index in [-0.39, 0.29) is 30.8 Å².